The molecular formula is C23H38N6O. The van der Waals surface area contributed by atoms with E-state index in [1.54, 1.807) is 19.0 Å². The molecule has 0 radical (unpaired) electrons. The average Bonchev–Trinajstić information content (AvgIpc) is 2.77. The molecule has 0 atom stereocenters. The van der Waals surface area contributed by atoms with Crippen LogP contribution in [0.3, 0.4) is 0 Å². The molecule has 3 rings (SSSR count). The Morgan fingerprint density at radius 1 is 1.17 bits per heavy atom. The Morgan fingerprint density at radius 3 is 2.53 bits per heavy atom. The summed E-state index contributed by atoms with van der Waals surface area (Å²) in [5, 5.41) is 7.11. The SMILES string of the molecule is Cc1ccc(N2CCC(NC(=NCC(=O)N(C)C)NCC3CCCCC3)CC2)nc1. The maximum Gasteiger partial charge on any atom is 0.243 e. The number of piperidine rings is 1. The summed E-state index contributed by atoms with van der Waals surface area (Å²) in [4.78, 5) is 25.1. The van der Waals surface area contributed by atoms with Crippen molar-refractivity contribution in [1.82, 2.24) is 20.5 Å². The lowest BCUT2D eigenvalue weighted by Crippen LogP contribution is -2.50. The lowest BCUT2D eigenvalue weighted by Gasteiger charge is -2.34. The van der Waals surface area contributed by atoms with Crippen LogP contribution in [0.1, 0.15) is 50.5 Å². The summed E-state index contributed by atoms with van der Waals surface area (Å²) < 4.78 is 0. The fourth-order valence-corrected chi connectivity index (χ4v) is 4.17. The van der Waals surface area contributed by atoms with Crippen molar-refractivity contribution >= 4 is 17.7 Å². The van der Waals surface area contributed by atoms with Crippen molar-refractivity contribution in [2.75, 3.05) is 45.2 Å². The molecule has 1 amide bonds. The van der Waals surface area contributed by atoms with Gasteiger partial charge in [0.2, 0.25) is 5.91 Å². The molecule has 2 N–H and O–H groups in total. The summed E-state index contributed by atoms with van der Waals surface area (Å²) in [6, 6.07) is 4.59. The number of pyridine rings is 1. The first-order valence-electron chi connectivity index (χ1n) is 11.4. The number of rotatable bonds is 6. The molecule has 0 bridgehead atoms. The van der Waals surface area contributed by atoms with Gasteiger partial charge in [-0.2, -0.15) is 0 Å². The molecule has 2 heterocycles. The highest BCUT2D eigenvalue weighted by molar-refractivity contribution is 5.85. The van der Waals surface area contributed by atoms with E-state index in [-0.39, 0.29) is 12.5 Å². The van der Waals surface area contributed by atoms with E-state index in [9.17, 15) is 4.79 Å². The molecule has 30 heavy (non-hydrogen) atoms. The summed E-state index contributed by atoms with van der Waals surface area (Å²) in [7, 11) is 3.55. The minimum absolute atomic E-state index is 0.0223. The maximum atomic E-state index is 12.0. The minimum atomic E-state index is 0.0223. The van der Waals surface area contributed by atoms with E-state index < -0.39 is 0 Å². The number of aryl methyl sites for hydroxylation is 1. The Hall–Kier alpha value is -2.31. The maximum absolute atomic E-state index is 12.0. The first-order chi connectivity index (χ1) is 14.5. The average molecular weight is 415 g/mol. The molecule has 0 spiro atoms. The minimum Gasteiger partial charge on any atom is -0.356 e. The molecular weight excluding hydrogens is 376 g/mol. The third kappa shape index (κ3) is 6.89. The molecule has 1 aliphatic carbocycles. The predicted octanol–water partition coefficient (Wildman–Crippen LogP) is 2.56. The van der Waals surface area contributed by atoms with Gasteiger partial charge in [-0.15, -0.1) is 0 Å². The van der Waals surface area contributed by atoms with Gasteiger partial charge < -0.3 is 20.4 Å². The molecule has 2 aliphatic rings. The van der Waals surface area contributed by atoms with Crippen molar-refractivity contribution in [3.63, 3.8) is 0 Å². The normalized spacial score (nSPS) is 18.9. The van der Waals surface area contributed by atoms with Crippen LogP contribution in [-0.4, -0.2) is 68.1 Å². The fraction of sp³-hybridized carbons (Fsp3) is 0.696. The van der Waals surface area contributed by atoms with Gasteiger partial charge in [-0.1, -0.05) is 25.3 Å². The van der Waals surface area contributed by atoms with Gasteiger partial charge in [-0.05, 0) is 50.2 Å². The topological polar surface area (TPSA) is 72.9 Å². The third-order valence-corrected chi connectivity index (χ3v) is 6.21. The van der Waals surface area contributed by atoms with Crippen molar-refractivity contribution in [1.29, 1.82) is 0 Å². The van der Waals surface area contributed by atoms with Gasteiger partial charge in [0.25, 0.3) is 0 Å². The van der Waals surface area contributed by atoms with Crippen LogP contribution in [0.4, 0.5) is 5.82 Å². The highest BCUT2D eigenvalue weighted by atomic mass is 16.2. The van der Waals surface area contributed by atoms with E-state index in [4.69, 9.17) is 0 Å². The molecule has 0 unspecified atom stereocenters. The smallest absolute Gasteiger partial charge is 0.243 e. The number of carbonyl (C=O) groups is 1. The van der Waals surface area contributed by atoms with Gasteiger partial charge in [-0.3, -0.25) is 4.79 Å². The quantitative estimate of drug-likeness (QED) is 0.553. The molecule has 1 aromatic rings. The molecule has 7 nitrogen and oxygen atoms in total. The second kappa shape index (κ2) is 11.2. The number of nitrogens with zero attached hydrogens (tertiary/aromatic N) is 4. The molecule has 1 aromatic heterocycles. The van der Waals surface area contributed by atoms with E-state index >= 15 is 0 Å². The largest absolute Gasteiger partial charge is 0.356 e. The molecule has 166 valence electrons. The van der Waals surface area contributed by atoms with E-state index in [1.165, 1.54) is 37.7 Å². The molecule has 1 aliphatic heterocycles. The van der Waals surface area contributed by atoms with Crippen molar-refractivity contribution < 1.29 is 4.79 Å². The first kappa shape index (κ1) is 22.4. The number of hydrogen-bond acceptors (Lipinski definition) is 4. The van der Waals surface area contributed by atoms with E-state index in [0.717, 1.165) is 44.3 Å². The first-order valence-corrected chi connectivity index (χ1v) is 11.4. The summed E-state index contributed by atoms with van der Waals surface area (Å²) in [6.07, 6.45) is 10.6. The van der Waals surface area contributed by atoms with Crippen LogP contribution >= 0.6 is 0 Å². The van der Waals surface area contributed by atoms with Gasteiger partial charge >= 0.3 is 0 Å². The monoisotopic (exact) mass is 414 g/mol. The van der Waals surface area contributed by atoms with Crippen LogP contribution in [0.5, 0.6) is 0 Å². The highest BCUT2D eigenvalue weighted by Crippen LogP contribution is 2.23. The van der Waals surface area contributed by atoms with E-state index in [2.05, 4.69) is 44.6 Å². The van der Waals surface area contributed by atoms with Crippen molar-refractivity contribution in [3.05, 3.63) is 23.9 Å². The Morgan fingerprint density at radius 2 is 1.90 bits per heavy atom. The number of carbonyl (C=O) groups excluding carboxylic acids is 1. The number of aromatic nitrogens is 1. The van der Waals surface area contributed by atoms with Crippen molar-refractivity contribution in [3.8, 4) is 0 Å². The standard InChI is InChI=1S/C23H38N6O/c1-18-9-10-21(24-15-18)29-13-11-20(12-14-29)27-23(26-17-22(30)28(2)3)25-16-19-7-5-4-6-8-19/h9-10,15,19-20H,4-8,11-14,16-17H2,1-3H3,(H2,25,26,27). The van der Waals surface area contributed by atoms with Crippen LogP contribution in [0.2, 0.25) is 0 Å². The molecule has 2 fully saturated rings. The second-order valence-corrected chi connectivity index (χ2v) is 8.94. The zero-order valence-electron chi connectivity index (χ0n) is 18.9. The van der Waals surface area contributed by atoms with Crippen LogP contribution in [0, 0.1) is 12.8 Å². The van der Waals surface area contributed by atoms with E-state index in [1.807, 2.05) is 6.20 Å². The van der Waals surface area contributed by atoms with Gasteiger partial charge in [0.1, 0.15) is 12.4 Å². The Bertz CT molecular complexity index is 688. The number of anilines is 1. The van der Waals surface area contributed by atoms with Crippen molar-refractivity contribution in [2.24, 2.45) is 10.9 Å². The van der Waals surface area contributed by atoms with Gasteiger partial charge in [-0.25, -0.2) is 9.98 Å². The molecule has 7 heteroatoms. The Labute approximate surface area is 181 Å². The zero-order valence-corrected chi connectivity index (χ0v) is 18.9. The zero-order chi connectivity index (χ0) is 21.3. The number of guanidine groups is 1. The number of hydrogen-bond donors (Lipinski definition) is 2. The lowest BCUT2D eigenvalue weighted by atomic mass is 9.89. The Kier molecular flexibility index (Phi) is 8.34. The van der Waals surface area contributed by atoms with Crippen LogP contribution < -0.4 is 15.5 Å². The number of amides is 1. The second-order valence-electron chi connectivity index (χ2n) is 8.94. The van der Waals surface area contributed by atoms with Gasteiger partial charge in [0, 0.05) is 46.0 Å². The van der Waals surface area contributed by atoms with Crippen LogP contribution in [0.25, 0.3) is 0 Å². The van der Waals surface area contributed by atoms with Crippen molar-refractivity contribution in [2.45, 2.75) is 57.9 Å². The molecule has 1 saturated heterocycles. The number of aliphatic imine (C=N–C) groups is 1. The number of likely N-dealkylation sites (N-methyl/N-ethyl adjacent to an activating group) is 1. The molecule has 1 saturated carbocycles. The summed E-state index contributed by atoms with van der Waals surface area (Å²) in [5.41, 5.74) is 1.19. The molecule has 0 aromatic carbocycles. The summed E-state index contributed by atoms with van der Waals surface area (Å²) >= 11 is 0. The Balaban J connectivity index is 1.53. The predicted molar refractivity (Wildman–Crippen MR) is 123 cm³/mol. The van der Waals surface area contributed by atoms with Crippen LogP contribution in [-0.2, 0) is 4.79 Å². The van der Waals surface area contributed by atoms with Crippen LogP contribution in [0.15, 0.2) is 23.3 Å². The van der Waals surface area contributed by atoms with E-state index in [0.29, 0.717) is 12.0 Å². The van der Waals surface area contributed by atoms with Gasteiger partial charge in [0.15, 0.2) is 5.96 Å². The van der Waals surface area contributed by atoms with Gasteiger partial charge in [0.05, 0.1) is 0 Å². The number of nitrogens with one attached hydrogen (secondary N) is 2. The summed E-state index contributed by atoms with van der Waals surface area (Å²) in [5.74, 6) is 2.57. The fourth-order valence-electron chi connectivity index (χ4n) is 4.17. The summed E-state index contributed by atoms with van der Waals surface area (Å²) in [6.45, 7) is 5.13. The highest BCUT2D eigenvalue weighted by Gasteiger charge is 2.22. The lowest BCUT2D eigenvalue weighted by molar-refractivity contribution is -0.127. The third-order valence-electron chi connectivity index (χ3n) is 6.21.